The largest absolute Gasteiger partial charge is 0.432 e. The number of hydrogen-bond donors (Lipinski definition) is 0. The number of thiocarbonyl (C=S) groups is 2. The van der Waals surface area contributed by atoms with E-state index in [1.165, 1.54) is 9.80 Å². The van der Waals surface area contributed by atoms with Crippen molar-refractivity contribution < 1.29 is 19.1 Å². The molecule has 0 saturated carbocycles. The van der Waals surface area contributed by atoms with Crippen LogP contribution in [0.25, 0.3) is 0 Å². The van der Waals surface area contributed by atoms with Crippen LogP contribution in [0.1, 0.15) is 6.42 Å². The Labute approximate surface area is 181 Å². The first-order valence-corrected chi connectivity index (χ1v) is 9.66. The van der Waals surface area contributed by atoms with Crippen molar-refractivity contribution in [1.82, 2.24) is 9.80 Å². The third-order valence-corrected chi connectivity index (χ3v) is 4.53. The van der Waals surface area contributed by atoms with Gasteiger partial charge in [-0.3, -0.25) is 9.59 Å². The molecule has 0 radical (unpaired) electrons. The maximum absolute atomic E-state index is 12.2. The van der Waals surface area contributed by atoms with Crippen molar-refractivity contribution in [3.63, 3.8) is 0 Å². The molecule has 0 heterocycles. The second-order valence-corrected chi connectivity index (χ2v) is 7.03. The lowest BCUT2D eigenvalue weighted by Gasteiger charge is -2.20. The molecule has 6 nitrogen and oxygen atoms in total. The number of para-hydroxylation sites is 2. The molecule has 2 aromatic rings. The number of carbonyl (C=O) groups excluding carboxylic acids is 2. The maximum atomic E-state index is 12.2. The lowest BCUT2D eigenvalue weighted by atomic mass is 10.2. The number of benzene rings is 2. The van der Waals surface area contributed by atoms with Crippen LogP contribution in [0.15, 0.2) is 60.7 Å². The SMILES string of the molecule is CN(CC(=O)CC(=O)CN(C)C(=S)Oc1ccccc1)C(=S)Oc1ccccc1. The Hall–Kier alpha value is -2.84. The fourth-order valence-corrected chi connectivity index (χ4v) is 2.65. The lowest BCUT2D eigenvalue weighted by Crippen LogP contribution is -2.37. The summed E-state index contributed by atoms with van der Waals surface area (Å²) in [5.41, 5.74) is 0. The summed E-state index contributed by atoms with van der Waals surface area (Å²) in [5.74, 6) is 0.641. The van der Waals surface area contributed by atoms with Crippen molar-refractivity contribution >= 4 is 46.4 Å². The number of ketones is 2. The fourth-order valence-electron chi connectivity index (χ4n) is 2.32. The third kappa shape index (κ3) is 7.97. The van der Waals surface area contributed by atoms with E-state index in [2.05, 4.69) is 0 Å². The van der Waals surface area contributed by atoms with Gasteiger partial charge in [-0.25, -0.2) is 0 Å². The molecule has 0 aromatic heterocycles. The smallest absolute Gasteiger partial charge is 0.264 e. The predicted molar refractivity (Wildman–Crippen MR) is 119 cm³/mol. The number of carbonyl (C=O) groups is 2. The first-order valence-electron chi connectivity index (χ1n) is 8.84. The Balaban J connectivity index is 1.75. The van der Waals surface area contributed by atoms with Crippen LogP contribution in [0.2, 0.25) is 0 Å². The molecule has 0 bridgehead atoms. The van der Waals surface area contributed by atoms with Gasteiger partial charge in [-0.2, -0.15) is 0 Å². The molecule has 0 N–H and O–H groups in total. The number of hydrogen-bond acceptors (Lipinski definition) is 6. The van der Waals surface area contributed by atoms with Crippen molar-refractivity contribution in [2.75, 3.05) is 27.2 Å². The van der Waals surface area contributed by atoms with Gasteiger partial charge >= 0.3 is 0 Å². The van der Waals surface area contributed by atoms with Crippen molar-refractivity contribution in [3.8, 4) is 11.5 Å². The Morgan fingerprint density at radius 3 is 1.41 bits per heavy atom. The Bertz CT molecular complexity index is 788. The van der Waals surface area contributed by atoms with Gasteiger partial charge in [0.25, 0.3) is 10.3 Å². The van der Waals surface area contributed by atoms with Crippen molar-refractivity contribution in [2.24, 2.45) is 0 Å². The zero-order valence-electron chi connectivity index (χ0n) is 16.2. The first-order chi connectivity index (χ1) is 13.8. The highest BCUT2D eigenvalue weighted by molar-refractivity contribution is 7.80. The Morgan fingerprint density at radius 2 is 1.07 bits per heavy atom. The summed E-state index contributed by atoms with van der Waals surface area (Å²) < 4.78 is 11.0. The van der Waals surface area contributed by atoms with Gasteiger partial charge in [-0.1, -0.05) is 36.4 Å². The standard InChI is InChI=1S/C21H22N2O4S2/c1-22(20(28)26-18-9-5-3-6-10-18)14-16(24)13-17(25)15-23(2)21(29)27-19-11-7-4-8-12-19/h3-12H,13-15H2,1-2H3. The van der Waals surface area contributed by atoms with Crippen LogP contribution in [0.3, 0.4) is 0 Å². The highest BCUT2D eigenvalue weighted by Crippen LogP contribution is 2.11. The molecule has 2 aromatic carbocycles. The number of Topliss-reactive ketones (excluding diaryl/α,β-unsaturated/α-hetero) is 2. The average molecular weight is 431 g/mol. The Morgan fingerprint density at radius 1 is 0.724 bits per heavy atom. The monoisotopic (exact) mass is 430 g/mol. The van der Waals surface area contributed by atoms with E-state index in [4.69, 9.17) is 33.9 Å². The van der Waals surface area contributed by atoms with Crippen molar-refractivity contribution in [2.45, 2.75) is 6.42 Å². The summed E-state index contributed by atoms with van der Waals surface area (Å²) in [6, 6.07) is 18.1. The van der Waals surface area contributed by atoms with Gasteiger partial charge in [0.2, 0.25) is 0 Å². The first kappa shape index (κ1) is 22.4. The molecule has 0 amide bonds. The van der Waals surface area contributed by atoms with Crippen LogP contribution in [-0.2, 0) is 9.59 Å². The van der Waals surface area contributed by atoms with Crippen molar-refractivity contribution in [3.05, 3.63) is 60.7 Å². The van der Waals surface area contributed by atoms with Crippen LogP contribution < -0.4 is 9.47 Å². The minimum Gasteiger partial charge on any atom is -0.432 e. The molecule has 0 spiro atoms. The van der Waals surface area contributed by atoms with Crippen LogP contribution >= 0.6 is 24.4 Å². The van der Waals surface area contributed by atoms with E-state index in [-0.39, 0.29) is 41.4 Å². The number of rotatable bonds is 8. The van der Waals surface area contributed by atoms with Crippen LogP contribution in [0.4, 0.5) is 0 Å². The van der Waals surface area contributed by atoms with Crippen molar-refractivity contribution in [1.29, 1.82) is 0 Å². The van der Waals surface area contributed by atoms with Gasteiger partial charge < -0.3 is 19.3 Å². The van der Waals surface area contributed by atoms with Gasteiger partial charge in [0, 0.05) is 14.1 Å². The number of ether oxygens (including phenoxy) is 2. The summed E-state index contributed by atoms with van der Waals surface area (Å²) >= 11 is 10.4. The number of likely N-dealkylation sites (N-methyl/N-ethyl adjacent to an activating group) is 2. The molecule has 29 heavy (non-hydrogen) atoms. The molecule has 8 heteroatoms. The van der Waals surface area contributed by atoms with E-state index >= 15 is 0 Å². The number of nitrogens with zero attached hydrogens (tertiary/aromatic N) is 2. The predicted octanol–water partition coefficient (Wildman–Crippen LogP) is 3.11. The molecular formula is C21H22N2O4S2. The minimum atomic E-state index is -0.264. The Kier molecular flexibility index (Phi) is 8.69. The van der Waals surface area contributed by atoms with Gasteiger partial charge in [0.1, 0.15) is 11.5 Å². The highest BCUT2D eigenvalue weighted by Gasteiger charge is 2.17. The minimum absolute atomic E-state index is 0.0217. The summed E-state index contributed by atoms with van der Waals surface area (Å²) in [6.45, 7) is -0.0435. The molecule has 152 valence electrons. The molecule has 0 fully saturated rings. The van der Waals surface area contributed by atoms with E-state index in [0.717, 1.165) is 0 Å². The molecular weight excluding hydrogens is 408 g/mol. The zero-order chi connectivity index (χ0) is 21.2. The summed E-state index contributed by atoms with van der Waals surface area (Å²) in [7, 11) is 3.28. The normalized spacial score (nSPS) is 10.0. The molecule has 0 aliphatic rings. The van der Waals surface area contributed by atoms with E-state index in [9.17, 15) is 9.59 Å². The van der Waals surface area contributed by atoms with Gasteiger partial charge in [-0.05, 0) is 48.7 Å². The van der Waals surface area contributed by atoms with Crippen LogP contribution in [0, 0.1) is 0 Å². The second kappa shape index (κ2) is 11.2. The second-order valence-electron chi connectivity index (χ2n) is 6.33. The van der Waals surface area contributed by atoms with E-state index in [0.29, 0.717) is 11.5 Å². The molecule has 0 atom stereocenters. The topological polar surface area (TPSA) is 59.1 Å². The summed E-state index contributed by atoms with van der Waals surface area (Å²) in [6.07, 6.45) is -0.226. The summed E-state index contributed by atoms with van der Waals surface area (Å²) in [5, 5.41) is 0.318. The average Bonchev–Trinajstić information content (AvgIpc) is 2.69. The molecule has 0 unspecified atom stereocenters. The highest BCUT2D eigenvalue weighted by atomic mass is 32.1. The quantitative estimate of drug-likeness (QED) is 0.468. The van der Waals surface area contributed by atoms with Gasteiger partial charge in [0.05, 0.1) is 19.5 Å². The molecule has 2 rings (SSSR count). The van der Waals surface area contributed by atoms with Gasteiger partial charge in [0.15, 0.2) is 11.6 Å². The van der Waals surface area contributed by atoms with Gasteiger partial charge in [-0.15, -0.1) is 0 Å². The fraction of sp³-hybridized carbons (Fsp3) is 0.238. The molecule has 0 aliphatic heterocycles. The zero-order valence-corrected chi connectivity index (χ0v) is 17.9. The van der Waals surface area contributed by atoms with E-state index in [1.807, 2.05) is 36.4 Å². The van der Waals surface area contributed by atoms with E-state index < -0.39 is 0 Å². The molecule has 0 aliphatic carbocycles. The third-order valence-electron chi connectivity index (χ3n) is 3.74. The van der Waals surface area contributed by atoms with E-state index in [1.54, 1.807) is 38.4 Å². The van der Waals surface area contributed by atoms with Crippen LogP contribution in [0.5, 0.6) is 11.5 Å². The molecule has 0 saturated heterocycles. The van der Waals surface area contributed by atoms with Crippen LogP contribution in [-0.4, -0.2) is 58.9 Å². The lowest BCUT2D eigenvalue weighted by molar-refractivity contribution is -0.127. The summed E-state index contributed by atoms with van der Waals surface area (Å²) in [4.78, 5) is 27.4. The maximum Gasteiger partial charge on any atom is 0.264 e.